The number of hydrogen-bond acceptors (Lipinski definition) is 2. The summed E-state index contributed by atoms with van der Waals surface area (Å²) in [4.78, 5) is 26.0. The molecule has 0 aliphatic heterocycles. The van der Waals surface area contributed by atoms with Gasteiger partial charge in [-0.2, -0.15) is 13.2 Å². The molecule has 0 heterocycles. The first kappa shape index (κ1) is 26.2. The van der Waals surface area contributed by atoms with Crippen molar-refractivity contribution in [2.45, 2.75) is 91.2 Å². The minimum absolute atomic E-state index is 0.0313. The van der Waals surface area contributed by atoms with Gasteiger partial charge in [0, 0.05) is 19.5 Å². The Bertz CT molecular complexity index is 659. The van der Waals surface area contributed by atoms with Crippen LogP contribution in [0.5, 0.6) is 0 Å². The highest BCUT2D eigenvalue weighted by Crippen LogP contribution is 2.33. The molecule has 0 aromatic heterocycles. The first-order chi connectivity index (χ1) is 14.2. The molecule has 1 amide bonds. The number of nitrogens with zero attached hydrogens (tertiary/aromatic N) is 1. The van der Waals surface area contributed by atoms with Crippen LogP contribution >= 0.6 is 0 Å². The number of Topliss-reactive ketones (excluding diaryl/α,β-unsaturated/α-hetero) is 1. The largest absolute Gasteiger partial charge is 0.417 e. The SMILES string of the molecule is CCCCCCN(CCCCCC)C(=O)c1cc(CCC(C)=O)ccc1C(F)(F)F. The number of unbranched alkanes of at least 4 members (excludes halogenated alkanes) is 6. The maximum atomic E-state index is 13.6. The van der Waals surface area contributed by atoms with Crippen LogP contribution in [0, 0.1) is 0 Å². The molecule has 0 spiro atoms. The molecule has 0 fully saturated rings. The van der Waals surface area contributed by atoms with Gasteiger partial charge in [0.2, 0.25) is 0 Å². The van der Waals surface area contributed by atoms with E-state index in [1.807, 2.05) is 0 Å². The van der Waals surface area contributed by atoms with Gasteiger partial charge < -0.3 is 9.69 Å². The van der Waals surface area contributed by atoms with Crippen LogP contribution in [0.3, 0.4) is 0 Å². The predicted molar refractivity (Wildman–Crippen MR) is 115 cm³/mol. The zero-order valence-corrected chi connectivity index (χ0v) is 18.6. The highest BCUT2D eigenvalue weighted by molar-refractivity contribution is 5.96. The average Bonchev–Trinajstić information content (AvgIpc) is 2.69. The van der Waals surface area contributed by atoms with Gasteiger partial charge in [0.15, 0.2) is 0 Å². The number of halogens is 3. The fourth-order valence-corrected chi connectivity index (χ4v) is 3.44. The number of rotatable bonds is 14. The Kier molecular flexibility index (Phi) is 11.7. The molecule has 1 aromatic carbocycles. The molecule has 0 saturated carbocycles. The molecular formula is C24H36F3NO2. The number of carbonyl (C=O) groups excluding carboxylic acids is 2. The highest BCUT2D eigenvalue weighted by Gasteiger charge is 2.36. The van der Waals surface area contributed by atoms with E-state index in [1.54, 1.807) is 4.90 Å². The van der Waals surface area contributed by atoms with Crippen molar-refractivity contribution in [3.63, 3.8) is 0 Å². The molecule has 0 N–H and O–H groups in total. The Morgan fingerprint density at radius 2 is 1.47 bits per heavy atom. The van der Waals surface area contributed by atoms with Crippen molar-refractivity contribution in [1.29, 1.82) is 0 Å². The van der Waals surface area contributed by atoms with Crippen LogP contribution in [0.15, 0.2) is 18.2 Å². The average molecular weight is 428 g/mol. The first-order valence-electron chi connectivity index (χ1n) is 11.2. The molecule has 0 bridgehead atoms. The highest BCUT2D eigenvalue weighted by atomic mass is 19.4. The fourth-order valence-electron chi connectivity index (χ4n) is 3.44. The first-order valence-corrected chi connectivity index (χ1v) is 11.2. The summed E-state index contributed by atoms with van der Waals surface area (Å²) in [6.45, 7) is 6.58. The Morgan fingerprint density at radius 3 is 1.93 bits per heavy atom. The van der Waals surface area contributed by atoms with Gasteiger partial charge in [0.05, 0.1) is 11.1 Å². The monoisotopic (exact) mass is 427 g/mol. The summed E-state index contributed by atoms with van der Waals surface area (Å²) in [7, 11) is 0. The lowest BCUT2D eigenvalue weighted by atomic mass is 9.98. The number of alkyl halides is 3. The van der Waals surface area contributed by atoms with Crippen LogP contribution in [0.2, 0.25) is 0 Å². The summed E-state index contributed by atoms with van der Waals surface area (Å²) in [5.74, 6) is -0.587. The number of hydrogen-bond donors (Lipinski definition) is 0. The lowest BCUT2D eigenvalue weighted by molar-refractivity contribution is -0.138. The summed E-state index contributed by atoms with van der Waals surface area (Å²) in [5.41, 5.74) is -0.612. The second-order valence-electron chi connectivity index (χ2n) is 7.99. The number of carbonyl (C=O) groups is 2. The van der Waals surface area contributed by atoms with Gasteiger partial charge in [-0.25, -0.2) is 0 Å². The molecule has 3 nitrogen and oxygen atoms in total. The van der Waals surface area contributed by atoms with Gasteiger partial charge in [-0.3, -0.25) is 4.79 Å². The van der Waals surface area contributed by atoms with Crippen molar-refractivity contribution in [1.82, 2.24) is 4.90 Å². The molecule has 0 aliphatic rings. The molecule has 0 saturated heterocycles. The molecule has 0 atom stereocenters. The van der Waals surface area contributed by atoms with E-state index >= 15 is 0 Å². The molecule has 30 heavy (non-hydrogen) atoms. The Hall–Kier alpha value is -1.85. The number of benzene rings is 1. The molecule has 0 unspecified atom stereocenters. The van der Waals surface area contributed by atoms with Crippen LogP contribution in [0.25, 0.3) is 0 Å². The molecule has 0 aliphatic carbocycles. The third-order valence-electron chi connectivity index (χ3n) is 5.24. The van der Waals surface area contributed by atoms with E-state index in [0.717, 1.165) is 57.4 Å². The second kappa shape index (κ2) is 13.5. The minimum Gasteiger partial charge on any atom is -0.339 e. The molecule has 0 radical (unpaired) electrons. The van der Waals surface area contributed by atoms with Crippen molar-refractivity contribution < 1.29 is 22.8 Å². The standard InChI is InChI=1S/C24H36F3NO2/c1-4-6-8-10-16-28(17-11-9-7-5-2)23(30)21-18-20(13-12-19(3)29)14-15-22(21)24(25,26)27/h14-15,18H,4-13,16-17H2,1-3H3. The molecule has 6 heteroatoms. The van der Waals surface area contributed by atoms with Gasteiger partial charge in [-0.05, 0) is 43.9 Å². The van der Waals surface area contributed by atoms with E-state index < -0.39 is 17.6 Å². The van der Waals surface area contributed by atoms with E-state index in [9.17, 15) is 22.8 Å². The van der Waals surface area contributed by atoms with Crippen LogP contribution in [-0.4, -0.2) is 29.7 Å². The quantitative estimate of drug-likeness (QED) is 0.305. The molecular weight excluding hydrogens is 391 g/mol. The number of amides is 1. The number of ketones is 1. The van der Waals surface area contributed by atoms with Crippen molar-refractivity contribution in [3.8, 4) is 0 Å². The third-order valence-corrected chi connectivity index (χ3v) is 5.24. The predicted octanol–water partition coefficient (Wildman–Crippen LogP) is 6.83. The third kappa shape index (κ3) is 9.31. The van der Waals surface area contributed by atoms with Crippen molar-refractivity contribution in [2.24, 2.45) is 0 Å². The van der Waals surface area contributed by atoms with Gasteiger partial charge in [-0.15, -0.1) is 0 Å². The second-order valence-corrected chi connectivity index (χ2v) is 7.99. The zero-order chi connectivity index (χ0) is 22.6. The molecule has 1 aromatic rings. The lowest BCUT2D eigenvalue weighted by Gasteiger charge is -2.25. The van der Waals surface area contributed by atoms with Crippen LogP contribution in [0.4, 0.5) is 13.2 Å². The summed E-state index contributed by atoms with van der Waals surface area (Å²) in [6.07, 6.45) is 3.69. The van der Waals surface area contributed by atoms with Crippen molar-refractivity contribution in [3.05, 3.63) is 34.9 Å². The molecule has 1 rings (SSSR count). The maximum absolute atomic E-state index is 13.6. The van der Waals surface area contributed by atoms with E-state index in [2.05, 4.69) is 13.8 Å². The number of aryl methyl sites for hydroxylation is 1. The lowest BCUT2D eigenvalue weighted by Crippen LogP contribution is -2.34. The normalized spacial score (nSPS) is 11.5. The Balaban J connectivity index is 3.11. The van der Waals surface area contributed by atoms with Crippen molar-refractivity contribution in [2.75, 3.05) is 13.1 Å². The van der Waals surface area contributed by atoms with Crippen LogP contribution < -0.4 is 0 Å². The van der Waals surface area contributed by atoms with E-state index in [1.165, 1.54) is 19.1 Å². The van der Waals surface area contributed by atoms with Crippen LogP contribution in [0.1, 0.15) is 100 Å². The van der Waals surface area contributed by atoms with Gasteiger partial charge in [0.25, 0.3) is 5.91 Å². The van der Waals surface area contributed by atoms with E-state index in [4.69, 9.17) is 0 Å². The molecule has 170 valence electrons. The Labute approximate surface area is 179 Å². The summed E-state index contributed by atoms with van der Waals surface area (Å²) >= 11 is 0. The van der Waals surface area contributed by atoms with Crippen LogP contribution in [-0.2, 0) is 17.4 Å². The minimum atomic E-state index is -4.60. The van der Waals surface area contributed by atoms with Gasteiger partial charge in [0.1, 0.15) is 5.78 Å². The van der Waals surface area contributed by atoms with Crippen molar-refractivity contribution >= 4 is 11.7 Å². The maximum Gasteiger partial charge on any atom is 0.417 e. The summed E-state index contributed by atoms with van der Waals surface area (Å²) in [5, 5.41) is 0. The Morgan fingerprint density at radius 1 is 0.900 bits per heavy atom. The smallest absolute Gasteiger partial charge is 0.339 e. The fraction of sp³-hybridized carbons (Fsp3) is 0.667. The van der Waals surface area contributed by atoms with E-state index in [-0.39, 0.29) is 17.8 Å². The van der Waals surface area contributed by atoms with Gasteiger partial charge >= 0.3 is 6.18 Å². The zero-order valence-electron chi connectivity index (χ0n) is 18.6. The van der Waals surface area contributed by atoms with E-state index in [0.29, 0.717) is 25.1 Å². The summed E-state index contributed by atoms with van der Waals surface area (Å²) < 4.78 is 40.8. The van der Waals surface area contributed by atoms with Gasteiger partial charge in [-0.1, -0.05) is 58.4 Å². The summed E-state index contributed by atoms with van der Waals surface area (Å²) in [6, 6.07) is 3.68. The topological polar surface area (TPSA) is 37.4 Å².